The Bertz CT molecular complexity index is 1080. The van der Waals surface area contributed by atoms with Crippen molar-refractivity contribution in [1.29, 1.82) is 0 Å². The zero-order valence-electron chi connectivity index (χ0n) is 17.4. The lowest BCUT2D eigenvalue weighted by Crippen LogP contribution is -2.25. The summed E-state index contributed by atoms with van der Waals surface area (Å²) in [5.41, 5.74) is 1.74. The summed E-state index contributed by atoms with van der Waals surface area (Å²) in [7, 11) is 0. The normalized spacial score (nSPS) is 12.8. The summed E-state index contributed by atoms with van der Waals surface area (Å²) in [6, 6.07) is 25.6. The van der Waals surface area contributed by atoms with Gasteiger partial charge in [0.2, 0.25) is 0 Å². The van der Waals surface area contributed by atoms with Crippen LogP contribution in [0.5, 0.6) is 11.5 Å². The highest BCUT2D eigenvalue weighted by molar-refractivity contribution is 7.09. The van der Waals surface area contributed by atoms with E-state index >= 15 is 0 Å². The molecule has 158 valence electrons. The van der Waals surface area contributed by atoms with E-state index in [2.05, 4.69) is 4.98 Å². The van der Waals surface area contributed by atoms with Crippen LogP contribution in [-0.2, 0) is 25.2 Å². The van der Waals surface area contributed by atoms with Crippen molar-refractivity contribution in [2.75, 3.05) is 0 Å². The summed E-state index contributed by atoms with van der Waals surface area (Å²) in [5, 5.41) is 14.1. The number of benzene rings is 3. The van der Waals surface area contributed by atoms with E-state index in [-0.39, 0.29) is 0 Å². The first-order chi connectivity index (χ1) is 15.1. The third-order valence-electron chi connectivity index (χ3n) is 5.00. The summed E-state index contributed by atoms with van der Waals surface area (Å²) in [5.74, 6) is 1.30. The smallest absolute Gasteiger partial charge is 0.129 e. The van der Waals surface area contributed by atoms with Crippen molar-refractivity contribution in [1.82, 2.24) is 4.98 Å². The molecule has 4 aromatic rings. The Hall–Kier alpha value is -3.15. The highest BCUT2D eigenvalue weighted by Crippen LogP contribution is 2.36. The van der Waals surface area contributed by atoms with E-state index in [0.717, 1.165) is 16.1 Å². The molecule has 0 aliphatic heterocycles. The highest BCUT2D eigenvalue weighted by atomic mass is 32.1. The molecule has 4 rings (SSSR count). The maximum absolute atomic E-state index is 11.3. The molecule has 0 amide bonds. The Labute approximate surface area is 186 Å². The van der Waals surface area contributed by atoms with Gasteiger partial charge in [-0.15, -0.1) is 11.3 Å². The second-order valence-corrected chi connectivity index (χ2v) is 8.56. The molecule has 0 radical (unpaired) electrons. The Kier molecular flexibility index (Phi) is 6.65. The third kappa shape index (κ3) is 5.72. The van der Waals surface area contributed by atoms with Gasteiger partial charge in [-0.1, -0.05) is 60.7 Å². The van der Waals surface area contributed by atoms with Gasteiger partial charge in [-0.25, -0.2) is 4.98 Å². The van der Waals surface area contributed by atoms with Gasteiger partial charge in [0.05, 0.1) is 10.6 Å². The highest BCUT2D eigenvalue weighted by Gasteiger charge is 2.29. The van der Waals surface area contributed by atoms with Gasteiger partial charge in [0, 0.05) is 29.6 Å². The number of hydrogen-bond acceptors (Lipinski definition) is 5. The van der Waals surface area contributed by atoms with E-state index in [1.54, 1.807) is 13.1 Å². The SMILES string of the molecule is CC(O)(Cc1nccs1)c1ccc(OCc2ccccc2)cc1OCc1ccccc1. The van der Waals surface area contributed by atoms with Crippen molar-refractivity contribution in [3.8, 4) is 11.5 Å². The second-order valence-electron chi connectivity index (χ2n) is 7.58. The summed E-state index contributed by atoms with van der Waals surface area (Å²) < 4.78 is 12.2. The minimum absolute atomic E-state index is 0.406. The summed E-state index contributed by atoms with van der Waals surface area (Å²) in [4.78, 5) is 4.32. The topological polar surface area (TPSA) is 51.6 Å². The molecule has 0 aliphatic rings. The summed E-state index contributed by atoms with van der Waals surface area (Å²) in [6.07, 6.45) is 2.17. The average Bonchev–Trinajstić information content (AvgIpc) is 3.30. The van der Waals surface area contributed by atoms with Crippen molar-refractivity contribution >= 4 is 11.3 Å². The van der Waals surface area contributed by atoms with Gasteiger partial charge < -0.3 is 14.6 Å². The fraction of sp³-hybridized carbons (Fsp3) is 0.192. The van der Waals surface area contributed by atoms with E-state index < -0.39 is 5.60 Å². The van der Waals surface area contributed by atoms with Crippen LogP contribution in [0.3, 0.4) is 0 Å². The molecule has 1 unspecified atom stereocenters. The van der Waals surface area contributed by atoms with Gasteiger partial charge in [0.15, 0.2) is 0 Å². The molecule has 1 atom stereocenters. The van der Waals surface area contributed by atoms with Crippen LogP contribution in [0.25, 0.3) is 0 Å². The molecule has 0 fully saturated rings. The molecule has 0 saturated carbocycles. The molecule has 1 aromatic heterocycles. The van der Waals surface area contributed by atoms with Crippen LogP contribution >= 0.6 is 11.3 Å². The van der Waals surface area contributed by atoms with E-state index in [9.17, 15) is 5.11 Å². The van der Waals surface area contributed by atoms with Gasteiger partial charge >= 0.3 is 0 Å². The summed E-state index contributed by atoms with van der Waals surface area (Å²) in [6.45, 7) is 2.67. The Balaban J connectivity index is 1.57. The number of hydrogen-bond donors (Lipinski definition) is 1. The standard InChI is InChI=1S/C26H25NO3S/c1-26(28,17-25-27-14-15-31-25)23-13-12-22(29-18-20-8-4-2-5-9-20)16-24(23)30-19-21-10-6-3-7-11-21/h2-16,28H,17-19H2,1H3. The minimum atomic E-state index is -1.12. The van der Waals surface area contributed by atoms with E-state index in [1.165, 1.54) is 11.3 Å². The number of rotatable bonds is 9. The van der Waals surface area contributed by atoms with E-state index in [0.29, 0.717) is 36.7 Å². The van der Waals surface area contributed by atoms with Crippen molar-refractivity contribution in [3.05, 3.63) is 112 Å². The van der Waals surface area contributed by atoms with Crippen LogP contribution in [-0.4, -0.2) is 10.1 Å². The molecular formula is C26H25NO3S. The molecule has 0 saturated heterocycles. The fourth-order valence-electron chi connectivity index (χ4n) is 3.36. The van der Waals surface area contributed by atoms with Crippen LogP contribution in [0.4, 0.5) is 0 Å². The molecule has 0 aliphatic carbocycles. The maximum Gasteiger partial charge on any atom is 0.129 e. The van der Waals surface area contributed by atoms with Gasteiger partial charge in [0.25, 0.3) is 0 Å². The van der Waals surface area contributed by atoms with E-state index in [1.807, 2.05) is 84.2 Å². The van der Waals surface area contributed by atoms with E-state index in [4.69, 9.17) is 9.47 Å². The Morgan fingerprint density at radius 3 is 2.13 bits per heavy atom. The van der Waals surface area contributed by atoms with Crippen LogP contribution in [0.1, 0.15) is 28.6 Å². The molecule has 0 spiro atoms. The first-order valence-corrected chi connectivity index (χ1v) is 11.1. The number of thiazole rings is 1. The molecule has 4 nitrogen and oxygen atoms in total. The average molecular weight is 432 g/mol. The van der Waals surface area contributed by atoms with Gasteiger partial charge in [-0.3, -0.25) is 0 Å². The van der Waals surface area contributed by atoms with Crippen molar-refractivity contribution in [2.45, 2.75) is 32.2 Å². The van der Waals surface area contributed by atoms with Crippen LogP contribution in [0, 0.1) is 0 Å². The lowest BCUT2D eigenvalue weighted by atomic mass is 9.91. The lowest BCUT2D eigenvalue weighted by molar-refractivity contribution is 0.0537. The lowest BCUT2D eigenvalue weighted by Gasteiger charge is -2.26. The van der Waals surface area contributed by atoms with Gasteiger partial charge in [0.1, 0.15) is 24.7 Å². The van der Waals surface area contributed by atoms with Gasteiger partial charge in [-0.2, -0.15) is 0 Å². The molecule has 1 N–H and O–H groups in total. The Morgan fingerprint density at radius 2 is 1.52 bits per heavy atom. The molecule has 31 heavy (non-hydrogen) atoms. The van der Waals surface area contributed by atoms with Crippen LogP contribution in [0.2, 0.25) is 0 Å². The molecule has 5 heteroatoms. The zero-order chi connectivity index (χ0) is 21.5. The molecule has 0 bridgehead atoms. The molecule has 1 heterocycles. The predicted molar refractivity (Wildman–Crippen MR) is 123 cm³/mol. The minimum Gasteiger partial charge on any atom is -0.489 e. The third-order valence-corrected chi connectivity index (χ3v) is 5.78. The van der Waals surface area contributed by atoms with Crippen LogP contribution in [0.15, 0.2) is 90.4 Å². The first kappa shape index (κ1) is 21.1. The predicted octanol–water partition coefficient (Wildman–Crippen LogP) is 5.75. The van der Waals surface area contributed by atoms with Crippen molar-refractivity contribution in [2.24, 2.45) is 0 Å². The first-order valence-electron chi connectivity index (χ1n) is 10.2. The number of nitrogens with zero attached hydrogens (tertiary/aromatic N) is 1. The summed E-state index contributed by atoms with van der Waals surface area (Å²) >= 11 is 1.53. The van der Waals surface area contributed by atoms with Crippen LogP contribution < -0.4 is 9.47 Å². The van der Waals surface area contributed by atoms with Crippen molar-refractivity contribution < 1.29 is 14.6 Å². The van der Waals surface area contributed by atoms with Crippen molar-refractivity contribution in [3.63, 3.8) is 0 Å². The molecular weight excluding hydrogens is 406 g/mol. The number of aromatic nitrogens is 1. The quantitative estimate of drug-likeness (QED) is 0.367. The Morgan fingerprint density at radius 1 is 0.871 bits per heavy atom. The number of ether oxygens (including phenoxy) is 2. The van der Waals surface area contributed by atoms with Gasteiger partial charge in [-0.05, 0) is 30.2 Å². The number of aliphatic hydroxyl groups is 1. The molecule has 3 aromatic carbocycles. The second kappa shape index (κ2) is 9.77. The monoisotopic (exact) mass is 431 g/mol. The fourth-order valence-corrected chi connectivity index (χ4v) is 4.13. The maximum atomic E-state index is 11.3. The largest absolute Gasteiger partial charge is 0.489 e. The zero-order valence-corrected chi connectivity index (χ0v) is 18.2.